The Bertz CT molecular complexity index is 719. The van der Waals surface area contributed by atoms with Crippen molar-refractivity contribution in [3.8, 4) is 0 Å². The number of carboxylic acid groups (broad SMARTS) is 1. The zero-order valence-electron chi connectivity index (χ0n) is 9.83. The summed E-state index contributed by atoms with van der Waals surface area (Å²) in [6.45, 7) is 0. The van der Waals surface area contributed by atoms with E-state index in [-0.39, 0.29) is 5.69 Å². The summed E-state index contributed by atoms with van der Waals surface area (Å²) in [7, 11) is 0. The predicted molar refractivity (Wildman–Crippen MR) is 73.6 cm³/mol. The highest BCUT2D eigenvalue weighted by molar-refractivity contribution is 7.99. The highest BCUT2D eigenvalue weighted by atomic mass is 32.2. The molecular weight excluding hydrogens is 260 g/mol. The molecule has 0 saturated heterocycles. The minimum atomic E-state index is -1.01. The summed E-state index contributed by atoms with van der Waals surface area (Å²) in [5.41, 5.74) is 1.11. The molecule has 2 N–H and O–H groups in total. The van der Waals surface area contributed by atoms with E-state index in [4.69, 9.17) is 5.11 Å². The van der Waals surface area contributed by atoms with Crippen LogP contribution < -0.4 is 0 Å². The molecule has 19 heavy (non-hydrogen) atoms. The minimum absolute atomic E-state index is 0.0751. The second kappa shape index (κ2) is 4.78. The third-order valence-corrected chi connectivity index (χ3v) is 3.69. The van der Waals surface area contributed by atoms with Gasteiger partial charge in [0.2, 0.25) is 0 Å². The van der Waals surface area contributed by atoms with Crippen LogP contribution in [0.5, 0.6) is 0 Å². The van der Waals surface area contributed by atoms with Gasteiger partial charge in [-0.2, -0.15) is 0 Å². The molecule has 0 unspecified atom stereocenters. The van der Waals surface area contributed by atoms with E-state index in [9.17, 15) is 4.79 Å². The Balaban J connectivity index is 1.99. The van der Waals surface area contributed by atoms with Crippen LogP contribution in [-0.4, -0.2) is 21.0 Å². The van der Waals surface area contributed by atoms with Crippen LogP contribution in [0.25, 0.3) is 10.9 Å². The number of aromatic carboxylic acids is 1. The topological polar surface area (TPSA) is 66.0 Å². The van der Waals surface area contributed by atoms with Crippen LogP contribution in [-0.2, 0) is 0 Å². The molecule has 0 spiro atoms. The third kappa shape index (κ3) is 2.32. The number of benzene rings is 1. The van der Waals surface area contributed by atoms with Crippen molar-refractivity contribution in [2.75, 3.05) is 0 Å². The smallest absolute Gasteiger partial charge is 0.355 e. The number of nitrogens with one attached hydrogen (secondary N) is 1. The van der Waals surface area contributed by atoms with Gasteiger partial charge in [0.1, 0.15) is 0 Å². The standard InChI is InChI=1S/C14H10N2O2S/c17-14(18)13-11(6-3-7-15-13)19-12-8-9-4-1-2-5-10(9)16-12/h1-8,16H,(H,17,18). The quantitative estimate of drug-likeness (QED) is 0.765. The van der Waals surface area contributed by atoms with E-state index in [0.717, 1.165) is 15.9 Å². The number of H-pyrrole nitrogens is 1. The zero-order valence-corrected chi connectivity index (χ0v) is 10.6. The zero-order chi connectivity index (χ0) is 13.2. The maximum Gasteiger partial charge on any atom is 0.355 e. The summed E-state index contributed by atoms with van der Waals surface area (Å²) >= 11 is 1.37. The lowest BCUT2D eigenvalue weighted by molar-refractivity contribution is 0.0686. The van der Waals surface area contributed by atoms with Crippen LogP contribution >= 0.6 is 11.8 Å². The number of rotatable bonds is 3. The molecule has 0 amide bonds. The van der Waals surface area contributed by atoms with Gasteiger partial charge >= 0.3 is 5.97 Å². The average molecular weight is 270 g/mol. The van der Waals surface area contributed by atoms with Crippen LogP contribution in [0, 0.1) is 0 Å². The number of pyridine rings is 1. The highest BCUT2D eigenvalue weighted by Gasteiger charge is 2.13. The molecule has 2 heterocycles. The van der Waals surface area contributed by atoms with Crippen LogP contribution in [0.15, 0.2) is 58.6 Å². The summed E-state index contributed by atoms with van der Waals surface area (Å²) in [4.78, 5) is 18.9. The fourth-order valence-electron chi connectivity index (χ4n) is 1.85. The number of nitrogens with zero attached hydrogens (tertiary/aromatic N) is 1. The maximum atomic E-state index is 11.1. The van der Waals surface area contributed by atoms with E-state index in [0.29, 0.717) is 4.90 Å². The third-order valence-electron chi connectivity index (χ3n) is 2.70. The van der Waals surface area contributed by atoms with Crippen LogP contribution in [0.1, 0.15) is 10.5 Å². The first-order valence-corrected chi connectivity index (χ1v) is 6.49. The maximum absolute atomic E-state index is 11.1. The summed E-state index contributed by atoms with van der Waals surface area (Å²) in [5.74, 6) is -1.01. The van der Waals surface area contributed by atoms with Crippen molar-refractivity contribution in [2.45, 2.75) is 9.92 Å². The first kappa shape index (κ1) is 11.8. The normalized spacial score (nSPS) is 10.7. The largest absolute Gasteiger partial charge is 0.476 e. The van der Waals surface area contributed by atoms with Gasteiger partial charge in [0.05, 0.1) is 5.03 Å². The van der Waals surface area contributed by atoms with Crippen molar-refractivity contribution in [2.24, 2.45) is 0 Å². The molecule has 94 valence electrons. The summed E-state index contributed by atoms with van der Waals surface area (Å²) in [6.07, 6.45) is 1.48. The first-order chi connectivity index (χ1) is 9.24. The van der Waals surface area contributed by atoms with Crippen LogP contribution in [0.2, 0.25) is 0 Å². The van der Waals surface area contributed by atoms with Gasteiger partial charge in [-0.1, -0.05) is 30.0 Å². The predicted octanol–water partition coefficient (Wildman–Crippen LogP) is 3.41. The van der Waals surface area contributed by atoms with Crippen molar-refractivity contribution in [3.63, 3.8) is 0 Å². The molecule has 0 aliphatic rings. The number of carbonyl (C=O) groups is 1. The van der Waals surface area contributed by atoms with Crippen molar-refractivity contribution in [1.82, 2.24) is 9.97 Å². The molecule has 5 heteroatoms. The van der Waals surface area contributed by atoms with E-state index in [1.54, 1.807) is 12.1 Å². The number of fused-ring (bicyclic) bond motifs is 1. The molecule has 3 aromatic rings. The Morgan fingerprint density at radius 1 is 1.21 bits per heavy atom. The lowest BCUT2D eigenvalue weighted by Crippen LogP contribution is -2.01. The van der Waals surface area contributed by atoms with Gasteiger partial charge in [0.25, 0.3) is 0 Å². The number of carboxylic acids is 1. The summed E-state index contributed by atoms with van der Waals surface area (Å²) in [5, 5.41) is 11.1. The van der Waals surface area contributed by atoms with E-state index in [1.165, 1.54) is 18.0 Å². The van der Waals surface area contributed by atoms with E-state index in [1.807, 2.05) is 30.3 Å². The van der Waals surface area contributed by atoms with E-state index >= 15 is 0 Å². The van der Waals surface area contributed by atoms with Gasteiger partial charge < -0.3 is 10.1 Å². The first-order valence-electron chi connectivity index (χ1n) is 5.68. The molecule has 0 fully saturated rings. The second-order valence-electron chi connectivity index (χ2n) is 3.98. The van der Waals surface area contributed by atoms with Crippen LogP contribution in [0.4, 0.5) is 0 Å². The SMILES string of the molecule is O=C(O)c1ncccc1Sc1cc2ccccc2[nH]1. The summed E-state index contributed by atoms with van der Waals surface area (Å²) in [6, 6.07) is 13.4. The number of para-hydroxylation sites is 1. The fraction of sp³-hybridized carbons (Fsp3) is 0. The molecule has 1 aromatic carbocycles. The Labute approximate surface area is 113 Å². The molecule has 0 saturated carbocycles. The summed E-state index contributed by atoms with van der Waals surface area (Å²) < 4.78 is 0. The molecule has 0 aliphatic heterocycles. The molecule has 0 aliphatic carbocycles. The molecule has 3 rings (SSSR count). The number of hydrogen-bond acceptors (Lipinski definition) is 3. The Morgan fingerprint density at radius 2 is 2.05 bits per heavy atom. The monoisotopic (exact) mass is 270 g/mol. The van der Waals surface area contributed by atoms with E-state index in [2.05, 4.69) is 9.97 Å². The van der Waals surface area contributed by atoms with Gasteiger partial charge in [-0.3, -0.25) is 0 Å². The number of aromatic nitrogens is 2. The second-order valence-corrected chi connectivity index (χ2v) is 5.06. The Hall–Kier alpha value is -2.27. The van der Waals surface area contributed by atoms with E-state index < -0.39 is 5.97 Å². The van der Waals surface area contributed by atoms with Gasteiger partial charge in [-0.15, -0.1) is 0 Å². The highest BCUT2D eigenvalue weighted by Crippen LogP contribution is 2.31. The van der Waals surface area contributed by atoms with Crippen molar-refractivity contribution < 1.29 is 9.90 Å². The van der Waals surface area contributed by atoms with Gasteiger partial charge in [-0.05, 0) is 24.3 Å². The van der Waals surface area contributed by atoms with Crippen LogP contribution in [0.3, 0.4) is 0 Å². The number of hydrogen-bond donors (Lipinski definition) is 2. The fourth-order valence-corrected chi connectivity index (χ4v) is 2.82. The van der Waals surface area contributed by atoms with Crippen molar-refractivity contribution in [1.29, 1.82) is 0 Å². The lowest BCUT2D eigenvalue weighted by atomic mass is 10.3. The van der Waals surface area contributed by atoms with Gasteiger partial charge in [-0.25, -0.2) is 9.78 Å². The van der Waals surface area contributed by atoms with Gasteiger partial charge in [0.15, 0.2) is 5.69 Å². The molecular formula is C14H10N2O2S. The number of aromatic amines is 1. The molecule has 0 bridgehead atoms. The van der Waals surface area contributed by atoms with Crippen molar-refractivity contribution in [3.05, 3.63) is 54.4 Å². The Morgan fingerprint density at radius 3 is 2.84 bits per heavy atom. The van der Waals surface area contributed by atoms with Crippen molar-refractivity contribution >= 4 is 28.6 Å². The molecule has 2 aromatic heterocycles. The van der Waals surface area contributed by atoms with Gasteiger partial charge in [0, 0.05) is 22.0 Å². The lowest BCUT2D eigenvalue weighted by Gasteiger charge is -2.02. The Kier molecular flexibility index (Phi) is 2.97. The molecule has 0 atom stereocenters. The average Bonchev–Trinajstić information content (AvgIpc) is 2.81. The molecule has 0 radical (unpaired) electrons. The molecule has 4 nitrogen and oxygen atoms in total. The minimum Gasteiger partial charge on any atom is -0.476 e.